The molecule has 0 bridgehead atoms. The molecule has 1 atom stereocenters. The molecule has 7 nitrogen and oxygen atoms in total. The Labute approximate surface area is 211 Å². The molecule has 1 saturated heterocycles. The minimum absolute atomic E-state index is 0.0921. The van der Waals surface area contributed by atoms with Gasteiger partial charge in [-0.05, 0) is 68.1 Å². The number of phenolic OH excluding ortho intramolecular Hbond substituents is 1. The number of nitrogens with zero attached hydrogens (tertiary/aromatic N) is 1. The summed E-state index contributed by atoms with van der Waals surface area (Å²) in [6.45, 7) is 5.74. The summed E-state index contributed by atoms with van der Waals surface area (Å²) >= 11 is 0. The van der Waals surface area contributed by atoms with E-state index in [0.29, 0.717) is 12.3 Å². The fourth-order valence-corrected chi connectivity index (χ4v) is 4.43. The number of likely N-dealkylation sites (tertiary alicyclic amines) is 1. The first kappa shape index (κ1) is 26.5. The molecule has 0 amide bonds. The Morgan fingerprint density at radius 2 is 1.92 bits per heavy atom. The summed E-state index contributed by atoms with van der Waals surface area (Å²) < 4.78 is 57.8. The van der Waals surface area contributed by atoms with Gasteiger partial charge in [0.15, 0.2) is 0 Å². The van der Waals surface area contributed by atoms with Crippen LogP contribution < -0.4 is 10.2 Å². The van der Waals surface area contributed by atoms with E-state index in [1.807, 2.05) is 11.8 Å². The van der Waals surface area contributed by atoms with Crippen molar-refractivity contribution >= 4 is 16.9 Å². The molecule has 1 fully saturated rings. The number of benzene rings is 2. The third-order valence-electron chi connectivity index (χ3n) is 6.22. The minimum atomic E-state index is -5.05. The van der Waals surface area contributed by atoms with Crippen molar-refractivity contribution in [2.24, 2.45) is 5.92 Å². The third kappa shape index (κ3) is 5.90. The Kier molecular flexibility index (Phi) is 7.77. The lowest BCUT2D eigenvalue weighted by molar-refractivity contribution is -0.154. The van der Waals surface area contributed by atoms with Gasteiger partial charge in [-0.1, -0.05) is 13.8 Å². The van der Waals surface area contributed by atoms with Crippen LogP contribution in [0.25, 0.3) is 11.0 Å². The Hall–Kier alpha value is -3.53. The molecule has 2 aromatic carbocycles. The Morgan fingerprint density at radius 3 is 2.57 bits per heavy atom. The number of esters is 1. The number of ether oxygens (including phenoxy) is 2. The van der Waals surface area contributed by atoms with Gasteiger partial charge in [-0.3, -0.25) is 9.69 Å². The molecular weight excluding hydrogens is 491 g/mol. The van der Waals surface area contributed by atoms with Crippen LogP contribution >= 0.6 is 0 Å². The van der Waals surface area contributed by atoms with Crippen LogP contribution in [-0.4, -0.2) is 35.7 Å². The first-order valence-electron chi connectivity index (χ1n) is 12.1. The van der Waals surface area contributed by atoms with Crippen molar-refractivity contribution in [2.45, 2.75) is 45.8 Å². The zero-order chi connectivity index (χ0) is 26.7. The second kappa shape index (κ2) is 10.8. The summed E-state index contributed by atoms with van der Waals surface area (Å²) in [5, 5.41) is 10.3. The van der Waals surface area contributed by atoms with E-state index >= 15 is 0 Å². The van der Waals surface area contributed by atoms with Crippen LogP contribution in [0.5, 0.6) is 17.2 Å². The zero-order valence-electron chi connectivity index (χ0n) is 20.6. The lowest BCUT2D eigenvalue weighted by atomic mass is 9.99. The normalized spacial score (nSPS) is 16.6. The summed E-state index contributed by atoms with van der Waals surface area (Å²) in [6, 6.07) is 7.70. The number of fused-ring (bicyclic) bond motifs is 1. The quantitative estimate of drug-likeness (QED) is 0.377. The van der Waals surface area contributed by atoms with E-state index < -0.39 is 29.1 Å². The molecule has 10 heteroatoms. The van der Waals surface area contributed by atoms with E-state index in [4.69, 9.17) is 13.9 Å². The van der Waals surface area contributed by atoms with Gasteiger partial charge in [0, 0.05) is 13.1 Å². The monoisotopic (exact) mass is 519 g/mol. The molecule has 1 aromatic heterocycles. The number of hydrogen-bond acceptors (Lipinski definition) is 7. The standard InChI is InChI=1S/C27H28F3NO6/c1-3-13-35-26(34)17-6-8-18(9-7-17)36-24-22(33)19-10-11-21(32)20(15-31-12-4-5-16(2)14-31)23(19)37-25(24)27(28,29)30/h6-11,16,32H,3-5,12-15H2,1-2H3/t16-/m0/s1. The number of alkyl halides is 3. The second-order valence-corrected chi connectivity index (χ2v) is 9.27. The third-order valence-corrected chi connectivity index (χ3v) is 6.22. The molecule has 0 aliphatic carbocycles. The molecule has 0 spiro atoms. The summed E-state index contributed by atoms with van der Waals surface area (Å²) in [5.41, 5.74) is -1.03. The van der Waals surface area contributed by atoms with Crippen LogP contribution in [0.3, 0.4) is 0 Å². The first-order chi connectivity index (χ1) is 17.6. The second-order valence-electron chi connectivity index (χ2n) is 9.27. The Bertz CT molecular complexity index is 1330. The lowest BCUT2D eigenvalue weighted by Crippen LogP contribution is -2.33. The van der Waals surface area contributed by atoms with Gasteiger partial charge in [0.2, 0.25) is 11.2 Å². The topological polar surface area (TPSA) is 89.2 Å². The maximum Gasteiger partial charge on any atom is 0.453 e. The predicted octanol–water partition coefficient (Wildman–Crippen LogP) is 6.11. The molecular formula is C27H28F3NO6. The fraction of sp³-hybridized carbons (Fsp3) is 0.407. The first-order valence-corrected chi connectivity index (χ1v) is 12.1. The maximum absolute atomic E-state index is 14.0. The SMILES string of the molecule is CCCOC(=O)c1ccc(Oc2c(C(F)(F)F)oc3c(CN4CCC[C@H](C)C4)c(O)ccc3c2=O)cc1. The summed E-state index contributed by atoms with van der Waals surface area (Å²) in [5.74, 6) is -3.14. The highest BCUT2D eigenvalue weighted by molar-refractivity contribution is 5.89. The number of phenols is 1. The van der Waals surface area contributed by atoms with Crippen LogP contribution in [0.4, 0.5) is 13.2 Å². The largest absolute Gasteiger partial charge is 0.507 e. The van der Waals surface area contributed by atoms with Crippen LogP contribution in [0.2, 0.25) is 0 Å². The Morgan fingerprint density at radius 1 is 1.19 bits per heavy atom. The summed E-state index contributed by atoms with van der Waals surface area (Å²) in [4.78, 5) is 27.2. The van der Waals surface area contributed by atoms with Gasteiger partial charge in [0.05, 0.1) is 23.1 Å². The number of aromatic hydroxyl groups is 1. The highest BCUT2D eigenvalue weighted by Gasteiger charge is 2.41. The molecule has 3 aromatic rings. The Balaban J connectivity index is 1.74. The van der Waals surface area contributed by atoms with Gasteiger partial charge in [-0.2, -0.15) is 13.2 Å². The molecule has 0 unspecified atom stereocenters. The predicted molar refractivity (Wildman–Crippen MR) is 130 cm³/mol. The number of rotatable bonds is 7. The molecule has 4 rings (SSSR count). The fourth-order valence-electron chi connectivity index (χ4n) is 4.43. The van der Waals surface area contributed by atoms with Crippen LogP contribution in [0.1, 0.15) is 54.8 Å². The van der Waals surface area contributed by atoms with Crippen molar-refractivity contribution in [3.8, 4) is 17.2 Å². The smallest absolute Gasteiger partial charge is 0.453 e. The maximum atomic E-state index is 14.0. The van der Waals surface area contributed by atoms with Gasteiger partial charge in [-0.15, -0.1) is 0 Å². The molecule has 0 saturated carbocycles. The van der Waals surface area contributed by atoms with Gasteiger partial charge in [0.1, 0.15) is 17.1 Å². The zero-order valence-corrected chi connectivity index (χ0v) is 20.6. The lowest BCUT2D eigenvalue weighted by Gasteiger charge is -2.31. The van der Waals surface area contributed by atoms with E-state index in [-0.39, 0.29) is 46.7 Å². The van der Waals surface area contributed by atoms with Crippen molar-refractivity contribution in [3.05, 3.63) is 63.5 Å². The van der Waals surface area contributed by atoms with Gasteiger partial charge in [0.25, 0.3) is 5.76 Å². The average molecular weight is 520 g/mol. The molecule has 1 aliphatic rings. The number of carbonyl (C=O) groups is 1. The van der Waals surface area contributed by atoms with Crippen molar-refractivity contribution in [1.82, 2.24) is 4.90 Å². The summed E-state index contributed by atoms with van der Waals surface area (Å²) in [6.07, 6.45) is -2.43. The van der Waals surface area contributed by atoms with E-state index in [1.165, 1.54) is 36.4 Å². The van der Waals surface area contributed by atoms with Crippen LogP contribution in [0, 0.1) is 5.92 Å². The van der Waals surface area contributed by atoms with Crippen molar-refractivity contribution in [2.75, 3.05) is 19.7 Å². The number of piperidine rings is 1. The van der Waals surface area contributed by atoms with Crippen LogP contribution in [-0.2, 0) is 17.5 Å². The van der Waals surface area contributed by atoms with Crippen molar-refractivity contribution in [3.63, 3.8) is 0 Å². The minimum Gasteiger partial charge on any atom is -0.507 e. The van der Waals surface area contributed by atoms with E-state index in [0.717, 1.165) is 25.9 Å². The number of carbonyl (C=O) groups excluding carboxylic acids is 1. The number of hydrogen-bond donors (Lipinski definition) is 1. The highest BCUT2D eigenvalue weighted by Crippen LogP contribution is 2.40. The van der Waals surface area contributed by atoms with Gasteiger partial charge >= 0.3 is 12.1 Å². The molecule has 1 N–H and O–H groups in total. The van der Waals surface area contributed by atoms with Crippen molar-refractivity contribution in [1.29, 1.82) is 0 Å². The molecule has 198 valence electrons. The van der Waals surface area contributed by atoms with Crippen LogP contribution in [0.15, 0.2) is 45.6 Å². The van der Waals surface area contributed by atoms with E-state index in [2.05, 4.69) is 6.92 Å². The molecule has 37 heavy (non-hydrogen) atoms. The molecule has 0 radical (unpaired) electrons. The van der Waals surface area contributed by atoms with E-state index in [9.17, 15) is 27.9 Å². The van der Waals surface area contributed by atoms with Gasteiger partial charge < -0.3 is 19.0 Å². The highest BCUT2D eigenvalue weighted by atomic mass is 19.4. The van der Waals surface area contributed by atoms with Gasteiger partial charge in [-0.25, -0.2) is 4.79 Å². The molecule has 2 heterocycles. The summed E-state index contributed by atoms with van der Waals surface area (Å²) in [7, 11) is 0. The average Bonchev–Trinajstić information content (AvgIpc) is 2.85. The number of halogens is 3. The van der Waals surface area contributed by atoms with E-state index in [1.54, 1.807) is 0 Å². The molecule has 1 aliphatic heterocycles. The van der Waals surface area contributed by atoms with Crippen molar-refractivity contribution < 1.29 is 37.0 Å².